The van der Waals surface area contributed by atoms with Crippen LogP contribution in [0, 0.1) is 17.2 Å². The number of nitrogens with zero attached hydrogens (tertiary/aromatic N) is 2. The fourth-order valence-corrected chi connectivity index (χ4v) is 1.57. The van der Waals surface area contributed by atoms with E-state index in [1.54, 1.807) is 11.9 Å². The second-order valence-corrected chi connectivity index (χ2v) is 3.97. The average molecular weight is 211 g/mol. The summed E-state index contributed by atoms with van der Waals surface area (Å²) in [5.41, 5.74) is 5.75. The summed E-state index contributed by atoms with van der Waals surface area (Å²) in [5, 5.41) is 8.55. The number of amides is 1. The maximum Gasteiger partial charge on any atom is 0.229 e. The zero-order valence-electron chi connectivity index (χ0n) is 9.14. The Hall–Kier alpha value is -1.12. The van der Waals surface area contributed by atoms with E-state index in [0.717, 1.165) is 0 Å². The Balaban J connectivity index is 2.56. The van der Waals surface area contributed by atoms with E-state index in [1.165, 1.54) is 0 Å². The van der Waals surface area contributed by atoms with Gasteiger partial charge in [0.25, 0.3) is 0 Å². The van der Waals surface area contributed by atoms with Crippen LogP contribution in [0.5, 0.6) is 0 Å². The van der Waals surface area contributed by atoms with Crippen LogP contribution >= 0.6 is 0 Å². The number of hydrogen-bond donors (Lipinski definition) is 1. The molecule has 0 bridgehead atoms. The van der Waals surface area contributed by atoms with Crippen molar-refractivity contribution in [3.63, 3.8) is 0 Å². The summed E-state index contributed by atoms with van der Waals surface area (Å²) in [6.07, 6.45) is 0.338. The van der Waals surface area contributed by atoms with Gasteiger partial charge in [0.2, 0.25) is 5.91 Å². The molecular formula is C10H17N3O2. The Morgan fingerprint density at radius 1 is 1.73 bits per heavy atom. The normalized spacial score (nSPS) is 27.1. The van der Waals surface area contributed by atoms with Crippen LogP contribution in [0.4, 0.5) is 0 Å². The number of nitriles is 1. The number of nitrogens with two attached hydrogens (primary N) is 1. The molecule has 15 heavy (non-hydrogen) atoms. The van der Waals surface area contributed by atoms with E-state index in [9.17, 15) is 4.79 Å². The largest absolute Gasteiger partial charge is 0.379 e. The highest BCUT2D eigenvalue weighted by molar-refractivity contribution is 5.80. The summed E-state index contributed by atoms with van der Waals surface area (Å²) in [6.45, 7) is 2.68. The number of carbonyl (C=O) groups excluding carboxylic acids is 1. The van der Waals surface area contributed by atoms with Crippen LogP contribution in [0.1, 0.15) is 13.3 Å². The van der Waals surface area contributed by atoms with Crippen molar-refractivity contribution < 1.29 is 9.53 Å². The van der Waals surface area contributed by atoms with Crippen molar-refractivity contribution in [2.24, 2.45) is 11.7 Å². The van der Waals surface area contributed by atoms with Crippen LogP contribution in [0.2, 0.25) is 0 Å². The molecule has 1 aliphatic heterocycles. The van der Waals surface area contributed by atoms with E-state index in [1.807, 2.05) is 13.0 Å². The molecule has 1 amide bonds. The summed E-state index contributed by atoms with van der Waals surface area (Å²) in [7, 11) is 1.70. The molecule has 1 fully saturated rings. The van der Waals surface area contributed by atoms with Crippen LogP contribution in [0.25, 0.3) is 0 Å². The fourth-order valence-electron chi connectivity index (χ4n) is 1.57. The zero-order chi connectivity index (χ0) is 11.4. The van der Waals surface area contributed by atoms with Crippen LogP contribution < -0.4 is 5.73 Å². The molecule has 0 aromatic rings. The predicted molar refractivity (Wildman–Crippen MR) is 54.7 cm³/mol. The van der Waals surface area contributed by atoms with Crippen molar-refractivity contribution >= 4 is 5.91 Å². The molecule has 1 heterocycles. The third kappa shape index (κ3) is 2.67. The SMILES string of the molecule is CC(CC#N)N(C)C(=O)C1COCC1N. The summed E-state index contributed by atoms with van der Waals surface area (Å²) in [5.74, 6) is -0.279. The topological polar surface area (TPSA) is 79.3 Å². The minimum absolute atomic E-state index is 0.0252. The molecule has 0 radical (unpaired) electrons. The van der Waals surface area contributed by atoms with E-state index in [0.29, 0.717) is 19.6 Å². The summed E-state index contributed by atoms with van der Waals surface area (Å²) in [4.78, 5) is 13.5. The number of rotatable bonds is 3. The highest BCUT2D eigenvalue weighted by Gasteiger charge is 2.34. The molecule has 5 nitrogen and oxygen atoms in total. The van der Waals surface area contributed by atoms with Crippen molar-refractivity contribution in [1.29, 1.82) is 5.26 Å². The first-order valence-corrected chi connectivity index (χ1v) is 5.05. The molecule has 5 heteroatoms. The molecule has 1 aliphatic rings. The molecule has 0 saturated carbocycles. The maximum atomic E-state index is 11.9. The van der Waals surface area contributed by atoms with Crippen molar-refractivity contribution in [3.8, 4) is 6.07 Å². The molecular weight excluding hydrogens is 194 g/mol. The first kappa shape index (κ1) is 12.0. The Morgan fingerprint density at radius 3 is 2.87 bits per heavy atom. The monoisotopic (exact) mass is 211 g/mol. The second-order valence-electron chi connectivity index (χ2n) is 3.97. The number of carbonyl (C=O) groups is 1. The molecule has 2 N–H and O–H groups in total. The Kier molecular flexibility index (Phi) is 4.06. The molecule has 1 saturated heterocycles. The lowest BCUT2D eigenvalue weighted by Crippen LogP contribution is -2.45. The summed E-state index contributed by atoms with van der Waals surface area (Å²) >= 11 is 0. The van der Waals surface area contributed by atoms with Crippen molar-refractivity contribution in [3.05, 3.63) is 0 Å². The first-order valence-electron chi connectivity index (χ1n) is 5.05. The van der Waals surface area contributed by atoms with E-state index >= 15 is 0 Å². The van der Waals surface area contributed by atoms with Crippen LogP contribution in [-0.2, 0) is 9.53 Å². The zero-order valence-corrected chi connectivity index (χ0v) is 9.14. The van der Waals surface area contributed by atoms with Gasteiger partial charge in [0.15, 0.2) is 0 Å². The van der Waals surface area contributed by atoms with Gasteiger partial charge in [-0.2, -0.15) is 5.26 Å². The van der Waals surface area contributed by atoms with Gasteiger partial charge in [0, 0.05) is 19.1 Å². The van der Waals surface area contributed by atoms with Gasteiger partial charge in [-0.3, -0.25) is 4.79 Å². The smallest absolute Gasteiger partial charge is 0.229 e. The third-order valence-electron chi connectivity index (χ3n) is 2.84. The van der Waals surface area contributed by atoms with E-state index in [2.05, 4.69) is 0 Å². The predicted octanol–water partition coefficient (Wildman–Crippen LogP) is -0.279. The standard InChI is InChI=1S/C10H17N3O2/c1-7(3-4-11)13(2)10(14)8-5-15-6-9(8)12/h7-9H,3,5-6,12H2,1-2H3. The lowest BCUT2D eigenvalue weighted by Gasteiger charge is -2.26. The molecule has 0 spiro atoms. The Labute approximate surface area is 89.8 Å². The molecule has 3 atom stereocenters. The van der Waals surface area contributed by atoms with Crippen molar-refractivity contribution in [2.75, 3.05) is 20.3 Å². The van der Waals surface area contributed by atoms with E-state index in [4.69, 9.17) is 15.7 Å². The lowest BCUT2D eigenvalue weighted by atomic mass is 10.0. The van der Waals surface area contributed by atoms with Gasteiger partial charge in [-0.05, 0) is 6.92 Å². The van der Waals surface area contributed by atoms with Gasteiger partial charge in [0.05, 0.1) is 31.6 Å². The van der Waals surface area contributed by atoms with Gasteiger partial charge < -0.3 is 15.4 Å². The van der Waals surface area contributed by atoms with Gasteiger partial charge >= 0.3 is 0 Å². The third-order valence-corrected chi connectivity index (χ3v) is 2.84. The van der Waals surface area contributed by atoms with Gasteiger partial charge in [-0.15, -0.1) is 0 Å². The number of ether oxygens (including phenoxy) is 1. The molecule has 1 rings (SSSR count). The minimum atomic E-state index is -0.254. The van der Waals surface area contributed by atoms with Crippen molar-refractivity contribution in [2.45, 2.75) is 25.4 Å². The maximum absolute atomic E-state index is 11.9. The van der Waals surface area contributed by atoms with E-state index in [-0.39, 0.29) is 23.9 Å². The Morgan fingerprint density at radius 2 is 2.40 bits per heavy atom. The quantitative estimate of drug-likeness (QED) is 0.696. The Bertz CT molecular complexity index is 274. The minimum Gasteiger partial charge on any atom is -0.379 e. The van der Waals surface area contributed by atoms with Crippen molar-refractivity contribution in [1.82, 2.24) is 4.90 Å². The van der Waals surface area contributed by atoms with Crippen LogP contribution in [-0.4, -0.2) is 43.2 Å². The highest BCUT2D eigenvalue weighted by atomic mass is 16.5. The molecule has 0 aromatic carbocycles. The molecule has 0 aliphatic carbocycles. The van der Waals surface area contributed by atoms with Gasteiger partial charge in [-0.1, -0.05) is 0 Å². The second kappa shape index (κ2) is 5.10. The number of hydrogen-bond acceptors (Lipinski definition) is 4. The molecule has 3 unspecified atom stereocenters. The fraction of sp³-hybridized carbons (Fsp3) is 0.800. The van der Waals surface area contributed by atoms with Gasteiger partial charge in [0.1, 0.15) is 0 Å². The first-order chi connectivity index (χ1) is 7.07. The summed E-state index contributed by atoms with van der Waals surface area (Å²) in [6, 6.07) is 1.76. The lowest BCUT2D eigenvalue weighted by molar-refractivity contribution is -0.136. The molecule has 0 aromatic heterocycles. The van der Waals surface area contributed by atoms with Gasteiger partial charge in [-0.25, -0.2) is 0 Å². The molecule has 84 valence electrons. The average Bonchev–Trinajstić information content (AvgIpc) is 2.62. The van der Waals surface area contributed by atoms with E-state index < -0.39 is 0 Å². The highest BCUT2D eigenvalue weighted by Crippen LogP contribution is 2.16. The van der Waals surface area contributed by atoms with Crippen LogP contribution in [0.15, 0.2) is 0 Å². The van der Waals surface area contributed by atoms with Crippen LogP contribution in [0.3, 0.4) is 0 Å². The summed E-state index contributed by atoms with van der Waals surface area (Å²) < 4.78 is 5.14.